The molecule has 0 saturated heterocycles. The zero-order chi connectivity index (χ0) is 13.9. The molecule has 0 aliphatic carbocycles. The summed E-state index contributed by atoms with van der Waals surface area (Å²) in [5, 5.41) is 9.63. The van der Waals surface area contributed by atoms with Crippen LogP contribution in [0, 0.1) is 5.41 Å². The van der Waals surface area contributed by atoms with Gasteiger partial charge in [0, 0.05) is 26.1 Å². The van der Waals surface area contributed by atoms with E-state index in [-0.39, 0.29) is 17.4 Å². The molecule has 102 valence electrons. The van der Waals surface area contributed by atoms with Gasteiger partial charge in [-0.1, -0.05) is 20.8 Å². The molecule has 1 atom stereocenters. The molecule has 0 aromatic heterocycles. The number of aliphatic hydroxyl groups is 1. The van der Waals surface area contributed by atoms with Crippen LogP contribution in [0.25, 0.3) is 0 Å². The van der Waals surface area contributed by atoms with Crippen molar-refractivity contribution < 1.29 is 9.90 Å². The predicted molar refractivity (Wildman–Crippen MR) is 70.6 cm³/mol. The molecular weight excluding hydrogens is 216 g/mol. The summed E-state index contributed by atoms with van der Waals surface area (Å²) in [6.07, 6.45) is 1.15. The Bertz CT molecular complexity index is 251. The smallest absolute Gasteiger partial charge is 0.223 e. The molecule has 1 amide bonds. The number of likely N-dealkylation sites (N-methyl/N-ethyl adjacent to an activating group) is 1. The van der Waals surface area contributed by atoms with Crippen molar-refractivity contribution in [1.82, 2.24) is 4.90 Å². The van der Waals surface area contributed by atoms with Gasteiger partial charge in [0.2, 0.25) is 5.91 Å². The summed E-state index contributed by atoms with van der Waals surface area (Å²) in [7, 11) is 1.70. The average Bonchev–Trinajstić information content (AvgIpc) is 1.95. The minimum Gasteiger partial charge on any atom is -0.389 e. The predicted octanol–water partition coefficient (Wildman–Crippen LogP) is 1.37. The van der Waals surface area contributed by atoms with Crippen molar-refractivity contribution in [2.24, 2.45) is 11.1 Å². The fraction of sp³-hybridized carbons (Fsp3) is 0.923. The number of nitrogens with zero attached hydrogens (tertiary/aromatic N) is 1. The van der Waals surface area contributed by atoms with E-state index in [1.54, 1.807) is 25.8 Å². The number of hydrogen-bond acceptors (Lipinski definition) is 3. The molecule has 0 bridgehead atoms. The van der Waals surface area contributed by atoms with Crippen LogP contribution >= 0.6 is 0 Å². The molecule has 0 saturated carbocycles. The highest BCUT2D eigenvalue weighted by molar-refractivity contribution is 5.76. The molecule has 0 aromatic rings. The third-order valence-electron chi connectivity index (χ3n) is 2.36. The first-order chi connectivity index (χ1) is 7.41. The maximum Gasteiger partial charge on any atom is 0.223 e. The summed E-state index contributed by atoms with van der Waals surface area (Å²) in [5.74, 6) is -0.0103. The third-order valence-corrected chi connectivity index (χ3v) is 2.36. The highest BCUT2D eigenvalue weighted by Gasteiger charge is 2.23. The zero-order valence-electron chi connectivity index (χ0n) is 12.1. The highest BCUT2D eigenvalue weighted by atomic mass is 16.3. The lowest BCUT2D eigenvalue weighted by Crippen LogP contribution is -2.42. The summed E-state index contributed by atoms with van der Waals surface area (Å²) < 4.78 is 0. The van der Waals surface area contributed by atoms with Crippen molar-refractivity contribution in [3.05, 3.63) is 0 Å². The first kappa shape index (κ1) is 16.4. The summed E-state index contributed by atoms with van der Waals surface area (Å²) in [6, 6.07) is -0.119. The molecule has 0 heterocycles. The first-order valence-corrected chi connectivity index (χ1v) is 6.13. The molecule has 0 spiro atoms. The Morgan fingerprint density at radius 3 is 2.12 bits per heavy atom. The van der Waals surface area contributed by atoms with Gasteiger partial charge in [0.1, 0.15) is 0 Å². The molecule has 0 aliphatic rings. The monoisotopic (exact) mass is 244 g/mol. The van der Waals surface area contributed by atoms with E-state index in [1.807, 2.05) is 0 Å². The molecule has 0 rings (SSSR count). The second-order valence-electron chi connectivity index (χ2n) is 6.79. The fourth-order valence-corrected chi connectivity index (χ4v) is 1.91. The molecule has 0 fully saturated rings. The zero-order valence-corrected chi connectivity index (χ0v) is 12.1. The van der Waals surface area contributed by atoms with Gasteiger partial charge in [0.25, 0.3) is 0 Å². The van der Waals surface area contributed by atoms with E-state index >= 15 is 0 Å². The number of carbonyl (C=O) groups is 1. The Kier molecular flexibility index (Phi) is 5.62. The van der Waals surface area contributed by atoms with Gasteiger partial charge < -0.3 is 15.7 Å². The number of amides is 1. The van der Waals surface area contributed by atoms with Crippen LogP contribution in [0.4, 0.5) is 0 Å². The lowest BCUT2D eigenvalue weighted by molar-refractivity contribution is -0.133. The van der Waals surface area contributed by atoms with Crippen LogP contribution in [0.1, 0.15) is 47.5 Å². The molecule has 4 heteroatoms. The molecule has 0 aromatic carbocycles. The van der Waals surface area contributed by atoms with Gasteiger partial charge in [-0.3, -0.25) is 4.79 Å². The van der Waals surface area contributed by atoms with E-state index in [0.717, 1.165) is 6.42 Å². The van der Waals surface area contributed by atoms with Gasteiger partial charge in [0.15, 0.2) is 0 Å². The van der Waals surface area contributed by atoms with Crippen LogP contribution in [0.5, 0.6) is 0 Å². The summed E-state index contributed by atoms with van der Waals surface area (Å²) in [4.78, 5) is 13.4. The first-order valence-electron chi connectivity index (χ1n) is 6.13. The summed E-state index contributed by atoms with van der Waals surface area (Å²) in [5.41, 5.74) is 5.22. The number of carbonyl (C=O) groups excluding carboxylic acids is 1. The summed E-state index contributed by atoms with van der Waals surface area (Å²) >= 11 is 0. The van der Waals surface area contributed by atoms with E-state index in [0.29, 0.717) is 13.0 Å². The van der Waals surface area contributed by atoms with Crippen molar-refractivity contribution in [2.45, 2.75) is 59.1 Å². The molecule has 1 unspecified atom stereocenters. The molecule has 3 N–H and O–H groups in total. The highest BCUT2D eigenvalue weighted by Crippen LogP contribution is 2.21. The van der Waals surface area contributed by atoms with Crippen LogP contribution in [-0.4, -0.2) is 41.1 Å². The normalized spacial score (nSPS) is 14.6. The van der Waals surface area contributed by atoms with Gasteiger partial charge in [0.05, 0.1) is 5.60 Å². The van der Waals surface area contributed by atoms with Crippen molar-refractivity contribution in [1.29, 1.82) is 0 Å². The Hall–Kier alpha value is -0.610. The topological polar surface area (TPSA) is 66.6 Å². The molecule has 0 aliphatic heterocycles. The van der Waals surface area contributed by atoms with Gasteiger partial charge in [-0.15, -0.1) is 0 Å². The minimum atomic E-state index is -0.863. The lowest BCUT2D eigenvalue weighted by atomic mass is 9.87. The van der Waals surface area contributed by atoms with Crippen molar-refractivity contribution in [2.75, 3.05) is 13.6 Å². The van der Waals surface area contributed by atoms with Crippen molar-refractivity contribution >= 4 is 5.91 Å². The molecule has 4 nitrogen and oxygen atoms in total. The average molecular weight is 244 g/mol. The SMILES string of the molecule is CN(CC(C)(C)O)C(=O)CC(N)CC(C)(C)C. The van der Waals surface area contributed by atoms with Gasteiger partial charge in [-0.25, -0.2) is 0 Å². The second kappa shape index (κ2) is 5.83. The lowest BCUT2D eigenvalue weighted by Gasteiger charge is -2.28. The third kappa shape index (κ3) is 9.12. The van der Waals surface area contributed by atoms with E-state index in [9.17, 15) is 9.90 Å². The second-order valence-corrected chi connectivity index (χ2v) is 6.79. The van der Waals surface area contributed by atoms with E-state index in [4.69, 9.17) is 5.73 Å². The maximum absolute atomic E-state index is 11.9. The van der Waals surface area contributed by atoms with Crippen LogP contribution < -0.4 is 5.73 Å². The van der Waals surface area contributed by atoms with Gasteiger partial charge in [-0.2, -0.15) is 0 Å². The van der Waals surface area contributed by atoms with E-state index < -0.39 is 5.60 Å². The van der Waals surface area contributed by atoms with Crippen molar-refractivity contribution in [3.8, 4) is 0 Å². The Morgan fingerprint density at radius 2 is 1.76 bits per heavy atom. The molecule has 17 heavy (non-hydrogen) atoms. The Morgan fingerprint density at radius 1 is 1.29 bits per heavy atom. The number of hydrogen-bond donors (Lipinski definition) is 2. The van der Waals surface area contributed by atoms with Gasteiger partial charge >= 0.3 is 0 Å². The van der Waals surface area contributed by atoms with Gasteiger partial charge in [-0.05, 0) is 25.7 Å². The van der Waals surface area contributed by atoms with E-state index in [1.165, 1.54) is 0 Å². The van der Waals surface area contributed by atoms with E-state index in [2.05, 4.69) is 20.8 Å². The number of nitrogens with two attached hydrogens (primary N) is 1. The fourth-order valence-electron chi connectivity index (χ4n) is 1.91. The molecular formula is C13H28N2O2. The van der Waals surface area contributed by atoms with Crippen LogP contribution in [-0.2, 0) is 4.79 Å². The molecule has 0 radical (unpaired) electrons. The minimum absolute atomic E-state index is 0.0103. The Balaban J connectivity index is 4.17. The standard InChI is InChI=1S/C13H28N2O2/c1-12(2,3)8-10(14)7-11(16)15(6)9-13(4,5)17/h10,17H,7-9,14H2,1-6H3. The number of rotatable bonds is 5. The largest absolute Gasteiger partial charge is 0.389 e. The van der Waals surface area contributed by atoms with Crippen LogP contribution in [0.2, 0.25) is 0 Å². The summed E-state index contributed by atoms with van der Waals surface area (Å²) in [6.45, 7) is 10.0. The Labute approximate surface area is 105 Å². The quantitative estimate of drug-likeness (QED) is 0.767. The van der Waals surface area contributed by atoms with Crippen LogP contribution in [0.3, 0.4) is 0 Å². The van der Waals surface area contributed by atoms with Crippen LogP contribution in [0.15, 0.2) is 0 Å². The van der Waals surface area contributed by atoms with Crippen molar-refractivity contribution in [3.63, 3.8) is 0 Å². The maximum atomic E-state index is 11.9.